The molecule has 108 valence electrons. The van der Waals surface area contributed by atoms with Crippen LogP contribution in [0.2, 0.25) is 0 Å². The van der Waals surface area contributed by atoms with Gasteiger partial charge in [0.1, 0.15) is 0 Å². The molecule has 2 aromatic rings. The molecule has 0 saturated carbocycles. The fourth-order valence-corrected chi connectivity index (χ4v) is 2.13. The van der Waals surface area contributed by atoms with Gasteiger partial charge in [-0.25, -0.2) is 9.48 Å². The first-order chi connectivity index (χ1) is 9.49. The van der Waals surface area contributed by atoms with Gasteiger partial charge in [-0.15, -0.1) is 5.10 Å². The van der Waals surface area contributed by atoms with Crippen LogP contribution in [0.4, 0.5) is 0 Å². The number of aromatic nitrogens is 5. The smallest absolute Gasteiger partial charge is 0.358 e. The van der Waals surface area contributed by atoms with Gasteiger partial charge < -0.3 is 5.11 Å². The Labute approximate surface area is 117 Å². The Kier molecular flexibility index (Phi) is 4.16. The molecule has 2 heterocycles. The molecule has 0 amide bonds. The van der Waals surface area contributed by atoms with Gasteiger partial charge in [0.05, 0.1) is 5.69 Å². The van der Waals surface area contributed by atoms with E-state index in [-0.39, 0.29) is 5.69 Å². The Bertz CT molecular complexity index is 600. The van der Waals surface area contributed by atoms with Gasteiger partial charge in [-0.2, -0.15) is 5.10 Å². The average Bonchev–Trinajstić information content (AvgIpc) is 2.93. The maximum atomic E-state index is 11.2. The lowest BCUT2D eigenvalue weighted by Gasteiger charge is -2.09. The summed E-state index contributed by atoms with van der Waals surface area (Å²) >= 11 is 0. The van der Waals surface area contributed by atoms with Crippen LogP contribution in [0.25, 0.3) is 0 Å². The molecular formula is C13H19N5O2. The molecule has 0 radical (unpaired) electrons. The molecule has 7 nitrogen and oxygen atoms in total. The minimum Gasteiger partial charge on any atom is -0.476 e. The zero-order valence-electron chi connectivity index (χ0n) is 11.9. The van der Waals surface area contributed by atoms with Crippen molar-refractivity contribution in [3.63, 3.8) is 0 Å². The van der Waals surface area contributed by atoms with Crippen molar-refractivity contribution in [2.24, 2.45) is 13.0 Å². The van der Waals surface area contributed by atoms with Crippen molar-refractivity contribution in [3.05, 3.63) is 29.3 Å². The summed E-state index contributed by atoms with van der Waals surface area (Å²) in [6.07, 6.45) is 3.14. The van der Waals surface area contributed by atoms with Crippen molar-refractivity contribution in [2.75, 3.05) is 0 Å². The number of carboxylic acid groups (broad SMARTS) is 1. The zero-order chi connectivity index (χ0) is 14.7. The van der Waals surface area contributed by atoms with Crippen LogP contribution >= 0.6 is 0 Å². The van der Waals surface area contributed by atoms with Crippen LogP contribution in [-0.2, 0) is 26.4 Å². The van der Waals surface area contributed by atoms with E-state index < -0.39 is 5.97 Å². The number of aromatic carboxylic acids is 1. The Morgan fingerprint density at radius 2 is 2.20 bits per heavy atom. The van der Waals surface area contributed by atoms with Gasteiger partial charge in [-0.05, 0) is 18.4 Å². The van der Waals surface area contributed by atoms with Crippen LogP contribution < -0.4 is 0 Å². The van der Waals surface area contributed by atoms with Gasteiger partial charge in [0.15, 0.2) is 5.69 Å². The molecule has 7 heteroatoms. The van der Waals surface area contributed by atoms with Crippen molar-refractivity contribution < 1.29 is 9.90 Å². The first kappa shape index (κ1) is 14.2. The van der Waals surface area contributed by atoms with Gasteiger partial charge in [0.2, 0.25) is 0 Å². The highest BCUT2D eigenvalue weighted by molar-refractivity contribution is 5.86. The molecule has 0 aliphatic carbocycles. The Morgan fingerprint density at radius 1 is 1.45 bits per heavy atom. The number of carbonyl (C=O) groups is 1. The molecule has 0 aliphatic heterocycles. The zero-order valence-corrected chi connectivity index (χ0v) is 11.9. The molecule has 0 fully saturated rings. The van der Waals surface area contributed by atoms with Crippen molar-refractivity contribution >= 4 is 5.97 Å². The van der Waals surface area contributed by atoms with Crippen LogP contribution in [0, 0.1) is 5.92 Å². The lowest BCUT2D eigenvalue weighted by molar-refractivity contribution is 0.0689. The largest absolute Gasteiger partial charge is 0.476 e. The number of carboxylic acids is 1. The summed E-state index contributed by atoms with van der Waals surface area (Å²) in [6, 6.07) is 1.94. The lowest BCUT2D eigenvalue weighted by atomic mass is 10.1. The summed E-state index contributed by atoms with van der Waals surface area (Å²) in [4.78, 5) is 11.2. The summed E-state index contributed by atoms with van der Waals surface area (Å²) in [5.74, 6) is -0.672. The molecule has 2 aromatic heterocycles. The van der Waals surface area contributed by atoms with Crippen LogP contribution in [-0.4, -0.2) is 35.9 Å². The van der Waals surface area contributed by atoms with Crippen LogP contribution in [0.1, 0.15) is 35.7 Å². The molecule has 0 saturated heterocycles. The summed E-state index contributed by atoms with van der Waals surface area (Å²) in [5.41, 5.74) is 1.83. The van der Waals surface area contributed by atoms with Crippen molar-refractivity contribution in [2.45, 2.75) is 33.2 Å². The van der Waals surface area contributed by atoms with E-state index >= 15 is 0 Å². The van der Waals surface area contributed by atoms with Gasteiger partial charge in [0, 0.05) is 31.9 Å². The third-order valence-corrected chi connectivity index (χ3v) is 3.14. The van der Waals surface area contributed by atoms with Crippen LogP contribution in [0.3, 0.4) is 0 Å². The SMILES string of the molecule is CC(C)Cc1c(C(=O)O)nnn1CCc1ccnn1C. The molecule has 0 bridgehead atoms. The summed E-state index contributed by atoms with van der Waals surface area (Å²) in [6.45, 7) is 4.69. The number of nitrogens with zero attached hydrogens (tertiary/aromatic N) is 5. The normalized spacial score (nSPS) is 11.2. The van der Waals surface area contributed by atoms with E-state index in [1.807, 2.05) is 27.0 Å². The summed E-state index contributed by atoms with van der Waals surface area (Å²) < 4.78 is 3.49. The highest BCUT2D eigenvalue weighted by Gasteiger charge is 2.19. The topological polar surface area (TPSA) is 85.8 Å². The fraction of sp³-hybridized carbons (Fsp3) is 0.538. The van der Waals surface area contributed by atoms with Gasteiger partial charge >= 0.3 is 5.97 Å². The standard InChI is InChI=1S/C13H19N5O2/c1-9(2)8-11-12(13(19)20)15-16-18(11)7-5-10-4-6-14-17(10)3/h4,6,9H,5,7-8H2,1-3H3,(H,19,20). The highest BCUT2D eigenvalue weighted by Crippen LogP contribution is 2.13. The van der Waals surface area contributed by atoms with E-state index in [1.165, 1.54) is 0 Å². The van der Waals surface area contributed by atoms with E-state index in [2.05, 4.69) is 15.4 Å². The average molecular weight is 277 g/mol. The molecule has 0 aromatic carbocycles. The summed E-state index contributed by atoms with van der Waals surface area (Å²) in [5, 5.41) is 21.0. The molecule has 0 aliphatic rings. The predicted molar refractivity (Wildman–Crippen MR) is 72.4 cm³/mol. The molecule has 0 spiro atoms. The van der Waals surface area contributed by atoms with Gasteiger partial charge in [0.25, 0.3) is 0 Å². The van der Waals surface area contributed by atoms with Gasteiger partial charge in [-0.1, -0.05) is 19.1 Å². The molecule has 1 N–H and O–H groups in total. The molecule has 2 rings (SSSR count). The lowest BCUT2D eigenvalue weighted by Crippen LogP contribution is -2.13. The molecular weight excluding hydrogens is 258 g/mol. The van der Waals surface area contributed by atoms with E-state index in [4.69, 9.17) is 5.11 Å². The van der Waals surface area contributed by atoms with Crippen molar-refractivity contribution in [1.29, 1.82) is 0 Å². The molecule has 20 heavy (non-hydrogen) atoms. The first-order valence-corrected chi connectivity index (χ1v) is 6.61. The Hall–Kier alpha value is -2.18. The minimum absolute atomic E-state index is 0.0590. The van der Waals surface area contributed by atoms with Crippen LogP contribution in [0.5, 0.6) is 0 Å². The Balaban J connectivity index is 2.18. The third-order valence-electron chi connectivity index (χ3n) is 3.14. The molecule has 0 unspecified atom stereocenters. The quantitative estimate of drug-likeness (QED) is 0.856. The second kappa shape index (κ2) is 5.85. The monoisotopic (exact) mass is 277 g/mol. The second-order valence-corrected chi connectivity index (χ2v) is 5.21. The van der Waals surface area contributed by atoms with Crippen molar-refractivity contribution in [1.82, 2.24) is 24.8 Å². The fourth-order valence-electron chi connectivity index (χ4n) is 2.13. The highest BCUT2D eigenvalue weighted by atomic mass is 16.4. The van der Waals surface area contributed by atoms with Crippen LogP contribution in [0.15, 0.2) is 12.3 Å². The Morgan fingerprint density at radius 3 is 2.75 bits per heavy atom. The van der Waals surface area contributed by atoms with E-state index in [0.29, 0.717) is 24.6 Å². The van der Waals surface area contributed by atoms with E-state index in [9.17, 15) is 4.79 Å². The third kappa shape index (κ3) is 3.04. The number of aryl methyl sites for hydroxylation is 3. The summed E-state index contributed by atoms with van der Waals surface area (Å²) in [7, 11) is 1.88. The number of hydrogen-bond donors (Lipinski definition) is 1. The van der Waals surface area contributed by atoms with E-state index in [0.717, 1.165) is 12.1 Å². The van der Waals surface area contributed by atoms with Gasteiger partial charge in [-0.3, -0.25) is 4.68 Å². The van der Waals surface area contributed by atoms with E-state index in [1.54, 1.807) is 15.6 Å². The first-order valence-electron chi connectivity index (χ1n) is 6.61. The maximum Gasteiger partial charge on any atom is 0.358 e. The van der Waals surface area contributed by atoms with Crippen molar-refractivity contribution in [3.8, 4) is 0 Å². The number of hydrogen-bond acceptors (Lipinski definition) is 4. The maximum absolute atomic E-state index is 11.2. The predicted octanol–water partition coefficient (Wildman–Crippen LogP) is 1.15. The second-order valence-electron chi connectivity index (χ2n) is 5.21. The number of rotatable bonds is 6. The minimum atomic E-state index is -1.02. The molecule has 0 atom stereocenters.